The highest BCUT2D eigenvalue weighted by Crippen LogP contribution is 2.23. The lowest BCUT2D eigenvalue weighted by Crippen LogP contribution is -2.21. The van der Waals surface area contributed by atoms with Gasteiger partial charge in [-0.05, 0) is 46.3 Å². The number of ether oxygens (including phenoxy) is 1. The van der Waals surface area contributed by atoms with Gasteiger partial charge in [-0.25, -0.2) is 13.6 Å². The van der Waals surface area contributed by atoms with E-state index in [0.29, 0.717) is 0 Å². The normalized spacial score (nSPS) is 10.7. The minimum atomic E-state index is -0.909. The summed E-state index contributed by atoms with van der Waals surface area (Å²) < 4.78 is 32.3. The van der Waals surface area contributed by atoms with Crippen molar-refractivity contribution < 1.29 is 23.1 Å². The Bertz CT molecular complexity index is 741. The Labute approximate surface area is 142 Å². The van der Waals surface area contributed by atoms with E-state index >= 15 is 0 Å². The molecule has 0 radical (unpaired) electrons. The van der Waals surface area contributed by atoms with E-state index in [4.69, 9.17) is 4.74 Å². The number of hydrogen-bond acceptors (Lipinski definition) is 4. The summed E-state index contributed by atoms with van der Waals surface area (Å²) in [6.45, 7) is -0.648. The maximum Gasteiger partial charge on any atom is 0.331 e. The third-order valence-electron chi connectivity index (χ3n) is 2.55. The van der Waals surface area contributed by atoms with Crippen LogP contribution in [0.4, 0.5) is 14.5 Å². The molecule has 1 heterocycles. The number of thiophene rings is 1. The van der Waals surface area contributed by atoms with Crippen LogP contribution in [0.5, 0.6) is 0 Å². The van der Waals surface area contributed by atoms with E-state index in [9.17, 15) is 18.4 Å². The highest BCUT2D eigenvalue weighted by atomic mass is 79.9. The van der Waals surface area contributed by atoms with Gasteiger partial charge < -0.3 is 10.1 Å². The summed E-state index contributed by atoms with van der Waals surface area (Å²) in [5.74, 6) is -3.39. The summed E-state index contributed by atoms with van der Waals surface area (Å²) >= 11 is 4.70. The van der Waals surface area contributed by atoms with Gasteiger partial charge in [0.05, 0.1) is 3.79 Å². The summed E-state index contributed by atoms with van der Waals surface area (Å²) in [5.41, 5.74) is -0.576. The zero-order valence-corrected chi connectivity index (χ0v) is 13.9. The third-order valence-corrected chi connectivity index (χ3v) is 4.14. The van der Waals surface area contributed by atoms with Crippen molar-refractivity contribution in [1.82, 2.24) is 0 Å². The number of benzene rings is 1. The SMILES string of the molecule is O=C(COC(=O)/C=C/c1ccc(Br)s1)Nc1c(F)cccc1F. The van der Waals surface area contributed by atoms with Crippen LogP contribution in [-0.4, -0.2) is 18.5 Å². The van der Waals surface area contributed by atoms with E-state index in [2.05, 4.69) is 15.9 Å². The van der Waals surface area contributed by atoms with Crippen LogP contribution in [0, 0.1) is 11.6 Å². The highest BCUT2D eigenvalue weighted by molar-refractivity contribution is 9.11. The van der Waals surface area contributed by atoms with Crippen LogP contribution in [0.15, 0.2) is 40.2 Å². The molecule has 0 atom stereocenters. The van der Waals surface area contributed by atoms with Crippen LogP contribution < -0.4 is 5.32 Å². The molecule has 120 valence electrons. The molecule has 0 bridgehead atoms. The van der Waals surface area contributed by atoms with Gasteiger partial charge in [-0.3, -0.25) is 4.79 Å². The number of anilines is 1. The molecule has 0 saturated heterocycles. The first-order valence-corrected chi connectivity index (χ1v) is 7.90. The predicted octanol–water partition coefficient (Wildman–Crippen LogP) is 3.98. The van der Waals surface area contributed by atoms with Crippen molar-refractivity contribution in [3.8, 4) is 0 Å². The molecule has 0 aliphatic heterocycles. The summed E-state index contributed by atoms with van der Waals surface area (Å²) in [7, 11) is 0. The smallest absolute Gasteiger partial charge is 0.331 e. The molecule has 4 nitrogen and oxygen atoms in total. The van der Waals surface area contributed by atoms with Crippen LogP contribution in [0.2, 0.25) is 0 Å². The Morgan fingerprint density at radius 2 is 1.91 bits per heavy atom. The molecule has 0 unspecified atom stereocenters. The van der Waals surface area contributed by atoms with Gasteiger partial charge in [0.25, 0.3) is 5.91 Å². The van der Waals surface area contributed by atoms with Gasteiger partial charge in [0.2, 0.25) is 0 Å². The standard InChI is InChI=1S/C15H10BrF2NO3S/c16-12-6-4-9(23-12)5-7-14(21)22-8-13(20)19-15-10(17)2-1-3-11(15)18/h1-7H,8H2,(H,19,20)/b7-5+. The molecule has 0 aliphatic rings. The molecule has 1 amide bonds. The highest BCUT2D eigenvalue weighted by Gasteiger charge is 2.12. The van der Waals surface area contributed by atoms with E-state index in [1.54, 1.807) is 6.07 Å². The van der Waals surface area contributed by atoms with Crippen LogP contribution in [0.25, 0.3) is 6.08 Å². The fourth-order valence-corrected chi connectivity index (χ4v) is 2.87. The van der Waals surface area contributed by atoms with Gasteiger partial charge >= 0.3 is 5.97 Å². The Hall–Kier alpha value is -2.06. The number of hydrogen-bond donors (Lipinski definition) is 1. The van der Waals surface area contributed by atoms with E-state index < -0.39 is 35.8 Å². The minimum Gasteiger partial charge on any atom is -0.452 e. The van der Waals surface area contributed by atoms with Crippen molar-refractivity contribution >= 4 is 50.9 Å². The molecule has 23 heavy (non-hydrogen) atoms. The average Bonchev–Trinajstić information content (AvgIpc) is 2.92. The molecule has 1 aromatic carbocycles. The Morgan fingerprint density at radius 3 is 2.52 bits per heavy atom. The number of carbonyl (C=O) groups is 2. The quantitative estimate of drug-likeness (QED) is 0.608. The number of esters is 1. The van der Waals surface area contributed by atoms with Gasteiger partial charge in [0.1, 0.15) is 17.3 Å². The Balaban J connectivity index is 1.84. The first-order chi connectivity index (χ1) is 11.0. The van der Waals surface area contributed by atoms with E-state index in [0.717, 1.165) is 26.9 Å². The molecular formula is C15H10BrF2NO3S. The molecule has 0 aliphatic carbocycles. The number of nitrogens with one attached hydrogen (secondary N) is 1. The Morgan fingerprint density at radius 1 is 1.22 bits per heavy atom. The lowest BCUT2D eigenvalue weighted by atomic mass is 10.3. The maximum absolute atomic E-state index is 13.3. The summed E-state index contributed by atoms with van der Waals surface area (Å²) in [6, 6.07) is 6.81. The fraction of sp³-hybridized carbons (Fsp3) is 0.0667. The van der Waals surface area contributed by atoms with Crippen LogP contribution in [0.3, 0.4) is 0 Å². The van der Waals surface area contributed by atoms with Crippen LogP contribution in [0.1, 0.15) is 4.88 Å². The lowest BCUT2D eigenvalue weighted by molar-refractivity contribution is -0.142. The summed E-state index contributed by atoms with van der Waals surface area (Å²) in [4.78, 5) is 23.8. The van der Waals surface area contributed by atoms with Crippen molar-refractivity contribution in [2.75, 3.05) is 11.9 Å². The molecule has 0 saturated carbocycles. The second-order valence-electron chi connectivity index (χ2n) is 4.23. The van der Waals surface area contributed by atoms with Crippen molar-refractivity contribution in [3.05, 3.63) is 56.7 Å². The van der Waals surface area contributed by atoms with Crippen molar-refractivity contribution in [2.24, 2.45) is 0 Å². The molecular weight excluding hydrogens is 392 g/mol. The van der Waals surface area contributed by atoms with Gasteiger partial charge in [-0.15, -0.1) is 11.3 Å². The topological polar surface area (TPSA) is 55.4 Å². The summed E-state index contributed by atoms with van der Waals surface area (Å²) in [5, 5.41) is 2.02. The van der Waals surface area contributed by atoms with E-state index in [-0.39, 0.29) is 0 Å². The zero-order chi connectivity index (χ0) is 16.8. The largest absolute Gasteiger partial charge is 0.452 e. The molecule has 1 aromatic heterocycles. The first kappa shape index (κ1) is 17.3. The summed E-state index contributed by atoms with van der Waals surface area (Å²) in [6.07, 6.45) is 2.70. The van der Waals surface area contributed by atoms with Gasteiger partial charge in [-0.1, -0.05) is 6.07 Å². The maximum atomic E-state index is 13.3. The number of rotatable bonds is 5. The minimum absolute atomic E-state index is 0.576. The lowest BCUT2D eigenvalue weighted by Gasteiger charge is -2.07. The monoisotopic (exact) mass is 401 g/mol. The molecule has 2 aromatic rings. The van der Waals surface area contributed by atoms with Gasteiger partial charge in [0.15, 0.2) is 6.61 Å². The number of amides is 1. The van der Waals surface area contributed by atoms with Crippen molar-refractivity contribution in [3.63, 3.8) is 0 Å². The van der Waals surface area contributed by atoms with Gasteiger partial charge in [0, 0.05) is 11.0 Å². The fourth-order valence-electron chi connectivity index (χ4n) is 1.55. The second kappa shape index (κ2) is 7.98. The average molecular weight is 402 g/mol. The molecule has 2 rings (SSSR count). The third kappa shape index (κ3) is 5.26. The van der Waals surface area contributed by atoms with Crippen LogP contribution >= 0.6 is 27.3 Å². The number of para-hydroxylation sites is 1. The van der Waals surface area contributed by atoms with Crippen molar-refractivity contribution in [1.29, 1.82) is 0 Å². The van der Waals surface area contributed by atoms with Crippen molar-refractivity contribution in [2.45, 2.75) is 0 Å². The molecule has 0 spiro atoms. The molecule has 0 fully saturated rings. The molecule has 8 heteroatoms. The van der Waals surface area contributed by atoms with E-state index in [1.807, 2.05) is 11.4 Å². The second-order valence-corrected chi connectivity index (χ2v) is 6.72. The molecule has 1 N–H and O–H groups in total. The predicted molar refractivity (Wildman–Crippen MR) is 87.0 cm³/mol. The number of carbonyl (C=O) groups excluding carboxylic acids is 2. The number of halogens is 3. The van der Waals surface area contributed by atoms with E-state index in [1.165, 1.54) is 23.5 Å². The first-order valence-electron chi connectivity index (χ1n) is 6.30. The zero-order valence-electron chi connectivity index (χ0n) is 11.5. The Kier molecular flexibility index (Phi) is 6.00. The van der Waals surface area contributed by atoms with Crippen LogP contribution in [-0.2, 0) is 14.3 Å². The van der Waals surface area contributed by atoms with Gasteiger partial charge in [-0.2, -0.15) is 0 Å².